The molecular formula is C19H19N3O2. The minimum atomic E-state index is -0.468. The van der Waals surface area contributed by atoms with Gasteiger partial charge in [0.1, 0.15) is 12.4 Å². The van der Waals surface area contributed by atoms with Crippen molar-refractivity contribution >= 4 is 11.9 Å². The number of carbonyl (C=O) groups excluding carboxylic acids is 1. The van der Waals surface area contributed by atoms with Crippen molar-refractivity contribution in [3.63, 3.8) is 0 Å². The monoisotopic (exact) mass is 321 g/mol. The molecule has 4 N–H and O–H groups in total. The van der Waals surface area contributed by atoms with Crippen molar-refractivity contribution in [2.45, 2.75) is 13.0 Å². The van der Waals surface area contributed by atoms with Gasteiger partial charge >= 0.3 is 6.09 Å². The van der Waals surface area contributed by atoms with Gasteiger partial charge in [0.15, 0.2) is 0 Å². The van der Waals surface area contributed by atoms with Gasteiger partial charge in [-0.25, -0.2) is 4.79 Å². The molecule has 0 aliphatic carbocycles. The Kier molecular flexibility index (Phi) is 6.42. The highest BCUT2D eigenvalue weighted by molar-refractivity contribution is 5.97. The summed E-state index contributed by atoms with van der Waals surface area (Å²) in [6.07, 6.45) is 0.0111. The van der Waals surface area contributed by atoms with Gasteiger partial charge < -0.3 is 15.8 Å². The van der Waals surface area contributed by atoms with E-state index in [1.54, 1.807) is 6.07 Å². The van der Waals surface area contributed by atoms with E-state index in [2.05, 4.69) is 17.2 Å². The lowest BCUT2D eigenvalue weighted by molar-refractivity contribution is 0.140. The predicted octanol–water partition coefficient (Wildman–Crippen LogP) is 2.64. The summed E-state index contributed by atoms with van der Waals surface area (Å²) in [5.74, 6) is 5.91. The fourth-order valence-electron chi connectivity index (χ4n) is 1.99. The van der Waals surface area contributed by atoms with Crippen LogP contribution in [0.4, 0.5) is 4.79 Å². The van der Waals surface area contributed by atoms with E-state index in [1.807, 2.05) is 48.5 Å². The lowest BCUT2D eigenvalue weighted by atomic mass is 10.1. The first-order valence-corrected chi connectivity index (χ1v) is 7.53. The largest absolute Gasteiger partial charge is 0.445 e. The molecule has 0 saturated heterocycles. The van der Waals surface area contributed by atoms with Crippen molar-refractivity contribution in [1.82, 2.24) is 5.32 Å². The van der Waals surface area contributed by atoms with Crippen molar-refractivity contribution < 1.29 is 9.53 Å². The first-order chi connectivity index (χ1) is 11.7. The summed E-state index contributed by atoms with van der Waals surface area (Å²) in [7, 11) is 0. The second-order valence-corrected chi connectivity index (χ2v) is 5.00. The molecule has 0 aliphatic heterocycles. The number of ether oxygens (including phenoxy) is 1. The summed E-state index contributed by atoms with van der Waals surface area (Å²) in [6.45, 7) is 0.632. The highest BCUT2D eigenvalue weighted by Crippen LogP contribution is 2.06. The van der Waals surface area contributed by atoms with Crippen LogP contribution >= 0.6 is 0 Å². The fraction of sp³-hybridized carbons (Fsp3) is 0.158. The smallest absolute Gasteiger partial charge is 0.407 e. The Balaban J connectivity index is 1.74. The Morgan fingerprint density at radius 2 is 1.83 bits per heavy atom. The molecule has 5 nitrogen and oxygen atoms in total. The number of hydrogen-bond donors (Lipinski definition) is 3. The van der Waals surface area contributed by atoms with E-state index >= 15 is 0 Å². The molecule has 0 saturated carbocycles. The maximum atomic E-state index is 11.6. The first-order valence-electron chi connectivity index (χ1n) is 7.53. The van der Waals surface area contributed by atoms with Crippen LogP contribution in [0, 0.1) is 17.3 Å². The van der Waals surface area contributed by atoms with Crippen LogP contribution < -0.4 is 11.1 Å². The fourth-order valence-corrected chi connectivity index (χ4v) is 1.99. The molecule has 5 heteroatoms. The van der Waals surface area contributed by atoms with Crippen molar-refractivity contribution in [1.29, 1.82) is 5.41 Å². The van der Waals surface area contributed by atoms with Crippen molar-refractivity contribution in [3.8, 4) is 11.8 Å². The minimum Gasteiger partial charge on any atom is -0.445 e. The Hall–Kier alpha value is -3.26. The van der Waals surface area contributed by atoms with Crippen LogP contribution in [-0.4, -0.2) is 18.5 Å². The molecule has 2 aromatic carbocycles. The van der Waals surface area contributed by atoms with Crippen molar-refractivity contribution in [2.75, 3.05) is 6.54 Å². The zero-order valence-corrected chi connectivity index (χ0v) is 13.2. The van der Waals surface area contributed by atoms with Crippen LogP contribution in [0.1, 0.15) is 23.1 Å². The number of nitrogen functional groups attached to an aromatic ring is 1. The molecule has 122 valence electrons. The molecule has 0 aromatic heterocycles. The third kappa shape index (κ3) is 5.50. The van der Waals surface area contributed by atoms with Crippen LogP contribution in [0.25, 0.3) is 0 Å². The van der Waals surface area contributed by atoms with E-state index in [9.17, 15) is 4.79 Å². The number of benzene rings is 2. The summed E-state index contributed by atoms with van der Waals surface area (Å²) in [6, 6.07) is 16.7. The maximum Gasteiger partial charge on any atom is 0.407 e. The van der Waals surface area contributed by atoms with E-state index in [-0.39, 0.29) is 12.4 Å². The standard InChI is InChI=1S/C19H19N3O2/c20-18(21)17-12-5-4-10-16(17)11-6-7-13-22-19(23)24-14-15-8-2-1-3-9-15/h1-5,8-10,12H,7,13-14H2,(H3,20,21)(H,22,23). The lowest BCUT2D eigenvalue weighted by Gasteiger charge is -2.05. The molecule has 0 atom stereocenters. The third-order valence-corrected chi connectivity index (χ3v) is 3.17. The van der Waals surface area contributed by atoms with E-state index in [0.29, 0.717) is 24.1 Å². The number of amidine groups is 1. The van der Waals surface area contributed by atoms with Crippen LogP contribution in [-0.2, 0) is 11.3 Å². The number of nitrogens with two attached hydrogens (primary N) is 1. The van der Waals surface area contributed by atoms with Gasteiger partial charge in [0, 0.05) is 24.1 Å². The Labute approximate surface area is 141 Å². The van der Waals surface area contributed by atoms with E-state index < -0.39 is 6.09 Å². The average Bonchev–Trinajstić information content (AvgIpc) is 2.61. The second kappa shape index (κ2) is 9.01. The third-order valence-electron chi connectivity index (χ3n) is 3.17. The van der Waals surface area contributed by atoms with E-state index in [0.717, 1.165) is 5.56 Å². The molecule has 24 heavy (non-hydrogen) atoms. The molecule has 0 unspecified atom stereocenters. The zero-order chi connectivity index (χ0) is 17.2. The summed E-state index contributed by atoms with van der Waals surface area (Å²) in [5.41, 5.74) is 7.76. The van der Waals surface area contributed by atoms with Crippen molar-refractivity contribution in [2.24, 2.45) is 5.73 Å². The zero-order valence-electron chi connectivity index (χ0n) is 13.2. The first kappa shape index (κ1) is 17.1. The predicted molar refractivity (Wildman–Crippen MR) is 93.6 cm³/mol. The molecular weight excluding hydrogens is 302 g/mol. The van der Waals surface area contributed by atoms with Crippen LogP contribution in [0.15, 0.2) is 54.6 Å². The van der Waals surface area contributed by atoms with Gasteiger partial charge in [-0.15, -0.1) is 0 Å². The van der Waals surface area contributed by atoms with Gasteiger partial charge in [-0.2, -0.15) is 0 Å². The maximum absolute atomic E-state index is 11.6. The summed E-state index contributed by atoms with van der Waals surface area (Å²) >= 11 is 0. The van der Waals surface area contributed by atoms with E-state index in [1.165, 1.54) is 0 Å². The van der Waals surface area contributed by atoms with Crippen LogP contribution in [0.2, 0.25) is 0 Å². The van der Waals surface area contributed by atoms with Gasteiger partial charge in [0.2, 0.25) is 0 Å². The second-order valence-electron chi connectivity index (χ2n) is 5.00. The Morgan fingerprint density at radius 3 is 2.58 bits per heavy atom. The number of alkyl carbamates (subject to hydrolysis) is 1. The summed E-state index contributed by atoms with van der Waals surface area (Å²) in [5, 5.41) is 10.1. The molecule has 0 fully saturated rings. The molecule has 2 rings (SSSR count). The molecule has 0 aliphatic rings. The topological polar surface area (TPSA) is 88.2 Å². The summed E-state index contributed by atoms with van der Waals surface area (Å²) in [4.78, 5) is 11.6. The molecule has 0 radical (unpaired) electrons. The number of carbonyl (C=O) groups is 1. The van der Waals surface area contributed by atoms with E-state index in [4.69, 9.17) is 15.9 Å². The molecule has 0 heterocycles. The average molecular weight is 321 g/mol. The normalized spacial score (nSPS) is 9.50. The van der Waals surface area contributed by atoms with Crippen LogP contribution in [0.3, 0.4) is 0 Å². The van der Waals surface area contributed by atoms with Gasteiger partial charge in [0.25, 0.3) is 0 Å². The van der Waals surface area contributed by atoms with Gasteiger partial charge in [-0.3, -0.25) is 5.41 Å². The number of amides is 1. The van der Waals surface area contributed by atoms with Gasteiger partial charge in [0.05, 0.1) is 0 Å². The van der Waals surface area contributed by atoms with Crippen LogP contribution in [0.5, 0.6) is 0 Å². The Morgan fingerprint density at radius 1 is 1.12 bits per heavy atom. The van der Waals surface area contributed by atoms with Gasteiger partial charge in [-0.05, 0) is 11.6 Å². The lowest BCUT2D eigenvalue weighted by Crippen LogP contribution is -2.24. The molecule has 0 bridgehead atoms. The molecule has 2 aromatic rings. The molecule has 0 spiro atoms. The minimum absolute atomic E-state index is 0.0116. The molecule has 1 amide bonds. The number of hydrogen-bond acceptors (Lipinski definition) is 3. The summed E-state index contributed by atoms with van der Waals surface area (Å²) < 4.78 is 5.10. The SMILES string of the molecule is N=C(N)c1ccccc1C#CCCNC(=O)OCc1ccccc1. The number of nitrogens with one attached hydrogen (secondary N) is 2. The quantitative estimate of drug-likeness (QED) is 0.342. The van der Waals surface area contributed by atoms with Gasteiger partial charge in [-0.1, -0.05) is 60.4 Å². The highest BCUT2D eigenvalue weighted by Gasteiger charge is 2.02. The Bertz CT molecular complexity index is 761. The number of rotatable bonds is 5. The van der Waals surface area contributed by atoms with Crippen molar-refractivity contribution in [3.05, 3.63) is 71.3 Å². The highest BCUT2D eigenvalue weighted by atomic mass is 16.5.